The van der Waals surface area contributed by atoms with Gasteiger partial charge >= 0.3 is 7.62 Å². The highest BCUT2D eigenvalue weighted by Crippen LogP contribution is 2.17. The van der Waals surface area contributed by atoms with Gasteiger partial charge in [-0.25, -0.2) is 0 Å². The first-order chi connectivity index (χ1) is 8.40. The van der Waals surface area contributed by atoms with Crippen LogP contribution in [-0.2, 0) is 4.65 Å². The van der Waals surface area contributed by atoms with Crippen LogP contribution in [0.4, 0.5) is 6.01 Å². The van der Waals surface area contributed by atoms with E-state index in [0.29, 0.717) is 6.01 Å². The second-order valence-corrected chi connectivity index (χ2v) is 3.57. The fourth-order valence-electron chi connectivity index (χ4n) is 1.48. The highest BCUT2D eigenvalue weighted by Gasteiger charge is 2.02. The summed E-state index contributed by atoms with van der Waals surface area (Å²) in [5.74, 6) is 0. The lowest BCUT2D eigenvalue weighted by molar-refractivity contribution is 0.430. The molecule has 0 aliphatic carbocycles. The Labute approximate surface area is 101 Å². The Morgan fingerprint density at radius 3 is 3.06 bits per heavy atom. The fraction of sp³-hybridized carbons (Fsp3) is 0.364. The minimum absolute atomic E-state index is 0.571. The van der Waals surface area contributed by atoms with Gasteiger partial charge in [-0.1, -0.05) is 12.1 Å². The summed E-state index contributed by atoms with van der Waals surface area (Å²) in [6.07, 6.45) is 0.957. The van der Waals surface area contributed by atoms with Crippen molar-refractivity contribution in [2.45, 2.75) is 6.42 Å². The molecule has 17 heavy (non-hydrogen) atoms. The van der Waals surface area contributed by atoms with E-state index < -0.39 is 0 Å². The number of aromatic nitrogens is 1. The van der Waals surface area contributed by atoms with Crippen LogP contribution in [0.5, 0.6) is 0 Å². The van der Waals surface area contributed by atoms with Crippen molar-refractivity contribution in [2.24, 2.45) is 0 Å². The topological polar surface area (TPSA) is 59.3 Å². The van der Waals surface area contributed by atoms with Gasteiger partial charge in [0.1, 0.15) is 5.52 Å². The molecule has 0 aliphatic rings. The van der Waals surface area contributed by atoms with Crippen molar-refractivity contribution < 1.29 is 9.07 Å². The first-order valence-electron chi connectivity index (χ1n) is 5.57. The van der Waals surface area contributed by atoms with E-state index in [1.54, 1.807) is 14.7 Å². The minimum atomic E-state index is 0.571. The van der Waals surface area contributed by atoms with E-state index in [1.165, 1.54) is 0 Å². The Kier molecular flexibility index (Phi) is 4.41. The number of hydrogen-bond donors (Lipinski definition) is 2. The molecule has 0 spiro atoms. The van der Waals surface area contributed by atoms with Crippen molar-refractivity contribution in [3.05, 3.63) is 24.3 Å². The van der Waals surface area contributed by atoms with Crippen LogP contribution in [0.1, 0.15) is 6.42 Å². The summed E-state index contributed by atoms with van der Waals surface area (Å²) in [5, 5.41) is 6.15. The summed E-state index contributed by atoms with van der Waals surface area (Å²) in [7, 11) is 3.18. The van der Waals surface area contributed by atoms with E-state index in [-0.39, 0.29) is 0 Å². The van der Waals surface area contributed by atoms with Gasteiger partial charge in [0.15, 0.2) is 5.58 Å². The number of fused-ring (bicyclic) bond motifs is 1. The summed E-state index contributed by atoms with van der Waals surface area (Å²) >= 11 is 0. The molecule has 0 bridgehead atoms. The monoisotopic (exact) mass is 232 g/mol. The number of para-hydroxylation sites is 2. The molecule has 0 atom stereocenters. The second kappa shape index (κ2) is 6.27. The van der Waals surface area contributed by atoms with Gasteiger partial charge in [0.2, 0.25) is 0 Å². The van der Waals surface area contributed by atoms with Crippen LogP contribution in [0.15, 0.2) is 28.7 Å². The predicted molar refractivity (Wildman–Crippen MR) is 67.9 cm³/mol. The summed E-state index contributed by atoms with van der Waals surface area (Å²) in [6.45, 7) is 1.65. The molecular weight excluding hydrogens is 217 g/mol. The number of benzene rings is 1. The number of rotatable bonds is 7. The molecule has 0 saturated carbocycles. The molecule has 0 unspecified atom stereocenters. The van der Waals surface area contributed by atoms with Crippen LogP contribution in [0, 0.1) is 0 Å². The van der Waals surface area contributed by atoms with Crippen LogP contribution < -0.4 is 10.5 Å². The lowest BCUT2D eigenvalue weighted by Gasteiger charge is -2.02. The lowest BCUT2D eigenvalue weighted by Crippen LogP contribution is -2.23. The highest BCUT2D eigenvalue weighted by atomic mass is 16.4. The predicted octanol–water partition coefficient (Wildman–Crippen LogP) is 1.40. The van der Waals surface area contributed by atoms with E-state index in [2.05, 4.69) is 15.5 Å². The van der Waals surface area contributed by atoms with Crippen LogP contribution >= 0.6 is 0 Å². The largest absolute Gasteiger partial charge is 0.427 e. The number of anilines is 1. The van der Waals surface area contributed by atoms with E-state index in [4.69, 9.17) is 9.07 Å². The van der Waals surface area contributed by atoms with Crippen molar-refractivity contribution in [1.29, 1.82) is 0 Å². The van der Waals surface area contributed by atoms with Gasteiger partial charge in [-0.2, -0.15) is 4.98 Å². The second-order valence-electron chi connectivity index (χ2n) is 3.57. The first-order valence-corrected chi connectivity index (χ1v) is 5.57. The van der Waals surface area contributed by atoms with Crippen LogP contribution in [0.2, 0.25) is 0 Å². The van der Waals surface area contributed by atoms with Gasteiger partial charge in [-0.15, -0.1) is 0 Å². The zero-order valence-corrected chi connectivity index (χ0v) is 9.77. The van der Waals surface area contributed by atoms with Gasteiger partial charge in [0.25, 0.3) is 6.01 Å². The molecule has 1 aromatic heterocycles. The molecule has 6 heteroatoms. The molecule has 0 amide bonds. The van der Waals surface area contributed by atoms with Crippen LogP contribution in [-0.4, -0.2) is 32.8 Å². The van der Waals surface area contributed by atoms with Crippen molar-refractivity contribution in [1.82, 2.24) is 10.2 Å². The third kappa shape index (κ3) is 3.47. The quantitative estimate of drug-likeness (QED) is 0.558. The van der Waals surface area contributed by atoms with E-state index in [1.807, 2.05) is 24.3 Å². The Morgan fingerprint density at radius 1 is 1.35 bits per heavy atom. The Hall–Kier alpha value is -1.53. The third-order valence-electron chi connectivity index (χ3n) is 2.27. The molecule has 89 valence electrons. The molecule has 2 aromatic rings. The number of nitrogens with zero attached hydrogens (tertiary/aromatic N) is 1. The normalized spacial score (nSPS) is 10.6. The van der Waals surface area contributed by atoms with E-state index >= 15 is 0 Å². The third-order valence-corrected chi connectivity index (χ3v) is 2.27. The first kappa shape index (κ1) is 11.9. The van der Waals surface area contributed by atoms with Gasteiger partial charge in [0, 0.05) is 13.7 Å². The zero-order valence-electron chi connectivity index (χ0n) is 9.77. The molecule has 1 radical (unpaired) electrons. The summed E-state index contributed by atoms with van der Waals surface area (Å²) < 4.78 is 10.3. The molecule has 5 nitrogen and oxygen atoms in total. The zero-order chi connectivity index (χ0) is 11.9. The van der Waals surface area contributed by atoms with Crippen LogP contribution in [0.3, 0.4) is 0 Å². The Balaban J connectivity index is 1.75. The smallest absolute Gasteiger partial charge is 0.395 e. The molecule has 1 aromatic carbocycles. The maximum absolute atomic E-state index is 5.52. The summed E-state index contributed by atoms with van der Waals surface area (Å²) in [6, 6.07) is 8.28. The lowest BCUT2D eigenvalue weighted by atomic mass is 10.2. The SMILES string of the molecule is CO[B]NCCCNc1nc2ccccc2o1. The summed E-state index contributed by atoms with van der Waals surface area (Å²) in [5.41, 5.74) is 1.68. The number of oxazole rings is 1. The maximum Gasteiger partial charge on any atom is 0.395 e. The van der Waals surface area contributed by atoms with Gasteiger partial charge in [-0.3, -0.25) is 0 Å². The van der Waals surface area contributed by atoms with Gasteiger partial charge in [0.05, 0.1) is 0 Å². The molecule has 2 rings (SSSR count). The van der Waals surface area contributed by atoms with Crippen molar-refractivity contribution in [3.8, 4) is 0 Å². The Bertz CT molecular complexity index is 428. The van der Waals surface area contributed by atoms with Crippen molar-refractivity contribution in [3.63, 3.8) is 0 Å². The number of nitrogens with one attached hydrogen (secondary N) is 2. The molecule has 2 N–H and O–H groups in total. The molecule has 0 aliphatic heterocycles. The van der Waals surface area contributed by atoms with Gasteiger partial charge < -0.3 is 19.6 Å². The maximum atomic E-state index is 5.52. The standard InChI is InChI=1S/C11H15BN3O2/c1-16-12-14-8-4-7-13-11-15-9-5-2-3-6-10(9)17-11/h2-3,5-6,14H,4,7-8H2,1H3,(H,13,15). The van der Waals surface area contributed by atoms with Crippen molar-refractivity contribution >= 4 is 24.7 Å². The fourth-order valence-corrected chi connectivity index (χ4v) is 1.48. The average Bonchev–Trinajstić information content (AvgIpc) is 2.76. The number of hydrogen-bond acceptors (Lipinski definition) is 5. The molecular formula is C11H15BN3O2. The molecule has 0 fully saturated rings. The molecule has 0 saturated heterocycles. The van der Waals surface area contributed by atoms with E-state index in [0.717, 1.165) is 30.6 Å². The average molecular weight is 232 g/mol. The summed E-state index contributed by atoms with van der Waals surface area (Å²) in [4.78, 5) is 4.32. The van der Waals surface area contributed by atoms with Crippen molar-refractivity contribution in [2.75, 3.05) is 25.5 Å². The minimum Gasteiger partial charge on any atom is -0.427 e. The highest BCUT2D eigenvalue weighted by molar-refractivity contribution is 6.23. The van der Waals surface area contributed by atoms with Gasteiger partial charge in [-0.05, 0) is 25.1 Å². The molecule has 1 heterocycles. The van der Waals surface area contributed by atoms with E-state index in [9.17, 15) is 0 Å². The Morgan fingerprint density at radius 2 is 2.24 bits per heavy atom. The van der Waals surface area contributed by atoms with Crippen LogP contribution in [0.25, 0.3) is 11.1 Å².